The smallest absolute Gasteiger partial charge is 0.318 e. The minimum absolute atomic E-state index is 0.00746. The van der Waals surface area contributed by atoms with Gasteiger partial charge in [-0.2, -0.15) is 5.10 Å². The molecule has 1 aliphatic heterocycles. The van der Waals surface area contributed by atoms with Gasteiger partial charge < -0.3 is 20.6 Å². The van der Waals surface area contributed by atoms with E-state index in [0.29, 0.717) is 18.7 Å². The molecule has 8 heteroatoms. The van der Waals surface area contributed by atoms with Gasteiger partial charge in [0.1, 0.15) is 0 Å². The van der Waals surface area contributed by atoms with Gasteiger partial charge in [0.25, 0.3) is 0 Å². The van der Waals surface area contributed by atoms with E-state index in [4.69, 9.17) is 0 Å². The maximum Gasteiger partial charge on any atom is 0.318 e. The molecule has 0 unspecified atom stereocenters. The molecule has 2 saturated carbocycles. The van der Waals surface area contributed by atoms with E-state index in [9.17, 15) is 14.7 Å². The summed E-state index contributed by atoms with van der Waals surface area (Å²) in [6.45, 7) is 0.461. The molecule has 2 aliphatic carbocycles. The van der Waals surface area contributed by atoms with E-state index >= 15 is 0 Å². The van der Waals surface area contributed by atoms with Crippen molar-refractivity contribution in [3.8, 4) is 0 Å². The number of hydrogen-bond acceptors (Lipinski definition) is 4. The molecule has 3 fully saturated rings. The number of carbonyl (C=O) groups excluding carboxylic acids is 2. The highest BCUT2D eigenvalue weighted by molar-refractivity contribution is 5.93. The topological polar surface area (TPSA) is 99.5 Å². The molecule has 1 aromatic rings. The van der Waals surface area contributed by atoms with Crippen LogP contribution < -0.4 is 10.6 Å². The summed E-state index contributed by atoms with van der Waals surface area (Å²) in [7, 11) is 0. The van der Waals surface area contributed by atoms with Crippen LogP contribution in [0.3, 0.4) is 0 Å². The zero-order chi connectivity index (χ0) is 18.1. The highest BCUT2D eigenvalue weighted by Gasteiger charge is 2.37. The van der Waals surface area contributed by atoms with E-state index in [1.807, 2.05) is 6.20 Å². The number of aliphatic hydroxyl groups is 1. The van der Waals surface area contributed by atoms with E-state index in [-0.39, 0.29) is 42.6 Å². The Hall–Kier alpha value is -2.09. The first-order valence-electron chi connectivity index (χ1n) is 9.67. The van der Waals surface area contributed by atoms with E-state index in [0.717, 1.165) is 25.7 Å². The van der Waals surface area contributed by atoms with Crippen molar-refractivity contribution < 1.29 is 14.7 Å². The van der Waals surface area contributed by atoms with Crippen molar-refractivity contribution in [2.24, 2.45) is 5.92 Å². The van der Waals surface area contributed by atoms with Gasteiger partial charge in [-0.05, 0) is 32.1 Å². The lowest BCUT2D eigenvalue weighted by atomic mass is 10.2. The zero-order valence-electron chi connectivity index (χ0n) is 14.9. The molecule has 142 valence electrons. The van der Waals surface area contributed by atoms with Crippen LogP contribution in [0.2, 0.25) is 0 Å². The molecule has 1 saturated heterocycles. The Balaban J connectivity index is 1.37. The molecule has 0 bridgehead atoms. The minimum Gasteiger partial charge on any atom is -0.394 e. The number of nitrogens with zero attached hydrogens (tertiary/aromatic N) is 3. The highest BCUT2D eigenvalue weighted by atomic mass is 16.3. The second-order valence-corrected chi connectivity index (χ2v) is 7.78. The van der Waals surface area contributed by atoms with Crippen LogP contribution in [-0.4, -0.2) is 57.0 Å². The lowest BCUT2D eigenvalue weighted by Crippen LogP contribution is -2.47. The molecule has 8 nitrogen and oxygen atoms in total. The number of aliphatic hydroxyl groups excluding tert-OH is 1. The Morgan fingerprint density at radius 2 is 2.00 bits per heavy atom. The summed E-state index contributed by atoms with van der Waals surface area (Å²) in [5.74, 6) is 0.208. The Morgan fingerprint density at radius 1 is 1.23 bits per heavy atom. The zero-order valence-corrected chi connectivity index (χ0v) is 14.9. The Kier molecular flexibility index (Phi) is 4.84. The minimum atomic E-state index is -0.199. The maximum atomic E-state index is 12.6. The molecule has 1 aromatic heterocycles. The first-order chi connectivity index (χ1) is 12.6. The third-order valence-electron chi connectivity index (χ3n) is 5.74. The number of likely N-dealkylation sites (tertiary alicyclic amines) is 1. The summed E-state index contributed by atoms with van der Waals surface area (Å²) in [5.41, 5.74) is 0.691. The lowest BCUT2D eigenvalue weighted by Gasteiger charge is -2.25. The quantitative estimate of drug-likeness (QED) is 0.740. The summed E-state index contributed by atoms with van der Waals surface area (Å²) in [4.78, 5) is 26.2. The average Bonchev–Trinajstić information content (AvgIpc) is 3.01. The third-order valence-corrected chi connectivity index (χ3v) is 5.74. The molecule has 4 rings (SSSR count). The molecule has 2 atom stereocenters. The SMILES string of the molecule is O=C(Nc1cnn([C@H]2C[C@@H](CO)N(C(=O)NC3CCCC3)C2)c1)C1CC1. The molecule has 3 aliphatic rings. The van der Waals surface area contributed by atoms with E-state index in [1.165, 1.54) is 12.8 Å². The number of amides is 3. The first kappa shape index (κ1) is 17.3. The number of anilines is 1. The third kappa shape index (κ3) is 3.70. The largest absolute Gasteiger partial charge is 0.394 e. The Bertz CT molecular complexity index is 666. The summed E-state index contributed by atoms with van der Waals surface area (Å²) in [5, 5.41) is 20.0. The summed E-state index contributed by atoms with van der Waals surface area (Å²) < 4.78 is 1.80. The van der Waals surface area contributed by atoms with Crippen molar-refractivity contribution in [1.29, 1.82) is 0 Å². The van der Waals surface area contributed by atoms with Crippen LogP contribution in [0.5, 0.6) is 0 Å². The molecular formula is C18H27N5O3. The van der Waals surface area contributed by atoms with Crippen molar-refractivity contribution >= 4 is 17.6 Å². The molecule has 0 radical (unpaired) electrons. The fourth-order valence-electron chi connectivity index (χ4n) is 4.03. The van der Waals surface area contributed by atoms with E-state index in [2.05, 4.69) is 15.7 Å². The normalized spacial score (nSPS) is 26.3. The van der Waals surface area contributed by atoms with Crippen molar-refractivity contribution in [2.75, 3.05) is 18.5 Å². The van der Waals surface area contributed by atoms with Gasteiger partial charge in [-0.3, -0.25) is 9.48 Å². The number of nitrogens with one attached hydrogen (secondary N) is 2. The standard InChI is InChI=1S/C18H27N5O3/c24-11-16-7-15(10-22(16)18(26)21-13-3-1-2-4-13)23-9-14(8-19-23)20-17(25)12-5-6-12/h8-9,12-13,15-16,24H,1-7,10-11H2,(H,20,25)(H,21,26)/t15-,16-/m0/s1. The van der Waals surface area contributed by atoms with Gasteiger partial charge >= 0.3 is 6.03 Å². The van der Waals surface area contributed by atoms with Crippen LogP contribution in [0, 0.1) is 5.92 Å². The van der Waals surface area contributed by atoms with Crippen molar-refractivity contribution in [2.45, 2.75) is 63.1 Å². The highest BCUT2D eigenvalue weighted by Crippen LogP contribution is 2.31. The number of urea groups is 1. The number of rotatable bonds is 5. The van der Waals surface area contributed by atoms with Crippen LogP contribution in [0.25, 0.3) is 0 Å². The van der Waals surface area contributed by atoms with Crippen LogP contribution >= 0.6 is 0 Å². The van der Waals surface area contributed by atoms with E-state index < -0.39 is 0 Å². The number of aromatic nitrogens is 2. The van der Waals surface area contributed by atoms with Crippen LogP contribution in [-0.2, 0) is 4.79 Å². The molecule has 3 N–H and O–H groups in total. The van der Waals surface area contributed by atoms with Gasteiger partial charge in [0.15, 0.2) is 0 Å². The number of hydrogen-bond donors (Lipinski definition) is 3. The van der Waals surface area contributed by atoms with Crippen LogP contribution in [0.4, 0.5) is 10.5 Å². The average molecular weight is 361 g/mol. The summed E-state index contributed by atoms with van der Waals surface area (Å²) >= 11 is 0. The van der Waals surface area contributed by atoms with E-state index in [1.54, 1.807) is 15.8 Å². The summed E-state index contributed by atoms with van der Waals surface area (Å²) in [6, 6.07) is -0.0223. The second kappa shape index (κ2) is 7.26. The van der Waals surface area contributed by atoms with Gasteiger partial charge in [-0.25, -0.2) is 4.79 Å². The Labute approximate surface area is 152 Å². The summed E-state index contributed by atoms with van der Waals surface area (Å²) in [6.07, 6.45) is 10.5. The fraction of sp³-hybridized carbons (Fsp3) is 0.722. The van der Waals surface area contributed by atoms with Gasteiger partial charge in [0, 0.05) is 24.7 Å². The first-order valence-corrected chi connectivity index (χ1v) is 9.67. The van der Waals surface area contributed by atoms with Crippen molar-refractivity contribution in [1.82, 2.24) is 20.0 Å². The van der Waals surface area contributed by atoms with Gasteiger partial charge in [0.05, 0.1) is 30.6 Å². The predicted octanol–water partition coefficient (Wildman–Crippen LogP) is 1.49. The van der Waals surface area contributed by atoms with Gasteiger partial charge in [0.2, 0.25) is 5.91 Å². The molecule has 3 amide bonds. The number of carbonyl (C=O) groups is 2. The fourth-order valence-corrected chi connectivity index (χ4v) is 4.03. The van der Waals surface area contributed by atoms with Crippen LogP contribution in [0.15, 0.2) is 12.4 Å². The predicted molar refractivity (Wildman–Crippen MR) is 95.6 cm³/mol. The molecule has 26 heavy (non-hydrogen) atoms. The molecule has 0 aromatic carbocycles. The Morgan fingerprint density at radius 3 is 2.69 bits per heavy atom. The molecular weight excluding hydrogens is 334 g/mol. The second-order valence-electron chi connectivity index (χ2n) is 7.78. The van der Waals surface area contributed by atoms with Crippen molar-refractivity contribution in [3.63, 3.8) is 0 Å². The molecule has 2 heterocycles. The van der Waals surface area contributed by atoms with Crippen LogP contribution in [0.1, 0.15) is 51.0 Å². The monoisotopic (exact) mass is 361 g/mol. The molecule has 0 spiro atoms. The van der Waals surface area contributed by atoms with Gasteiger partial charge in [-0.15, -0.1) is 0 Å². The van der Waals surface area contributed by atoms with Gasteiger partial charge in [-0.1, -0.05) is 12.8 Å². The lowest BCUT2D eigenvalue weighted by molar-refractivity contribution is -0.117. The van der Waals surface area contributed by atoms with Crippen molar-refractivity contribution in [3.05, 3.63) is 12.4 Å². The maximum absolute atomic E-state index is 12.6.